The van der Waals surface area contributed by atoms with Crippen LogP contribution >= 0.6 is 23.2 Å². The molecule has 2 aromatic carbocycles. The maximum absolute atomic E-state index is 5.96. The molecule has 0 unspecified atom stereocenters. The highest BCUT2D eigenvalue weighted by Gasteiger charge is 2.02. The second-order valence-corrected chi connectivity index (χ2v) is 3.76. The highest BCUT2D eigenvalue weighted by Crippen LogP contribution is 2.31. The first-order valence-corrected chi connectivity index (χ1v) is 5.10. The van der Waals surface area contributed by atoms with Crippen LogP contribution in [-0.2, 0) is 0 Å². The van der Waals surface area contributed by atoms with Crippen LogP contribution in [0.1, 0.15) is 0 Å². The molecule has 0 aliphatic rings. The molecule has 0 fully saturated rings. The molecule has 0 atom stereocenters. The van der Waals surface area contributed by atoms with Gasteiger partial charge in [-0.05, 0) is 36.4 Å². The lowest BCUT2D eigenvalue weighted by molar-refractivity contribution is 0.483. The lowest BCUT2D eigenvalue weighted by Crippen LogP contribution is -1.84. The van der Waals surface area contributed by atoms with Gasteiger partial charge < -0.3 is 4.74 Å². The Kier molecular flexibility index (Phi) is 3.14. The zero-order valence-corrected chi connectivity index (χ0v) is 9.22. The van der Waals surface area contributed by atoms with Crippen molar-refractivity contribution in [3.05, 3.63) is 58.6 Å². The second kappa shape index (κ2) is 4.56. The number of benzene rings is 2. The van der Waals surface area contributed by atoms with E-state index in [1.165, 1.54) is 0 Å². The quantitative estimate of drug-likeness (QED) is 0.743. The molecule has 1 nitrogen and oxygen atoms in total. The fourth-order valence-corrected chi connectivity index (χ4v) is 1.57. The van der Waals surface area contributed by atoms with Crippen LogP contribution < -0.4 is 4.74 Å². The van der Waals surface area contributed by atoms with Gasteiger partial charge in [0.1, 0.15) is 11.5 Å². The van der Waals surface area contributed by atoms with Gasteiger partial charge in [-0.1, -0.05) is 35.3 Å². The minimum atomic E-state index is 0.496. The Hall–Kier alpha value is -1.18. The number of halogens is 2. The van der Waals surface area contributed by atoms with Crippen molar-refractivity contribution in [1.82, 2.24) is 0 Å². The molecule has 0 spiro atoms. The van der Waals surface area contributed by atoms with E-state index in [2.05, 4.69) is 6.07 Å². The summed E-state index contributed by atoms with van der Waals surface area (Å²) in [4.78, 5) is 0. The van der Waals surface area contributed by atoms with Crippen LogP contribution in [0.15, 0.2) is 42.5 Å². The Labute approximate surface area is 98.2 Å². The third kappa shape index (κ3) is 2.65. The Morgan fingerprint density at radius 1 is 1.00 bits per heavy atom. The average Bonchev–Trinajstić information content (AvgIpc) is 2.24. The summed E-state index contributed by atoms with van der Waals surface area (Å²) in [6.45, 7) is 0. The van der Waals surface area contributed by atoms with Gasteiger partial charge in [0.05, 0.1) is 5.02 Å². The molecule has 0 amide bonds. The van der Waals surface area contributed by atoms with E-state index >= 15 is 0 Å². The van der Waals surface area contributed by atoms with E-state index < -0.39 is 0 Å². The Balaban J connectivity index is 2.25. The molecule has 3 heteroatoms. The van der Waals surface area contributed by atoms with Crippen molar-refractivity contribution in [1.29, 1.82) is 0 Å². The zero-order chi connectivity index (χ0) is 10.7. The fourth-order valence-electron chi connectivity index (χ4n) is 1.12. The lowest BCUT2D eigenvalue weighted by Gasteiger charge is -2.06. The molecule has 0 saturated heterocycles. The molecule has 0 aliphatic carbocycles. The van der Waals surface area contributed by atoms with Crippen LogP contribution in [-0.4, -0.2) is 0 Å². The Bertz CT molecular complexity index is 454. The third-order valence-electron chi connectivity index (χ3n) is 1.81. The Morgan fingerprint density at radius 3 is 2.40 bits per heavy atom. The van der Waals surface area contributed by atoms with Crippen molar-refractivity contribution in [3.8, 4) is 11.5 Å². The minimum absolute atomic E-state index is 0.496. The van der Waals surface area contributed by atoms with Gasteiger partial charge in [0.2, 0.25) is 0 Å². The van der Waals surface area contributed by atoms with Gasteiger partial charge in [0, 0.05) is 5.02 Å². The first-order chi connectivity index (χ1) is 7.25. The number of hydrogen-bond donors (Lipinski definition) is 0. The minimum Gasteiger partial charge on any atom is -0.456 e. The summed E-state index contributed by atoms with van der Waals surface area (Å²) in [7, 11) is 0. The maximum Gasteiger partial charge on any atom is 0.146 e. The SMILES string of the molecule is Clc1ccc(Oc2cc[c]cc2)c(Cl)c1. The Morgan fingerprint density at radius 2 is 1.73 bits per heavy atom. The summed E-state index contributed by atoms with van der Waals surface area (Å²) in [6, 6.07) is 15.2. The predicted octanol–water partition coefficient (Wildman–Crippen LogP) is 4.59. The van der Waals surface area contributed by atoms with Crippen molar-refractivity contribution in [2.24, 2.45) is 0 Å². The van der Waals surface area contributed by atoms with E-state index in [1.807, 2.05) is 12.1 Å². The van der Waals surface area contributed by atoms with Crippen LogP contribution in [0.25, 0.3) is 0 Å². The molecule has 0 aliphatic heterocycles. The summed E-state index contributed by atoms with van der Waals surface area (Å²) in [6.07, 6.45) is 0. The first-order valence-electron chi connectivity index (χ1n) is 4.35. The number of hydrogen-bond acceptors (Lipinski definition) is 1. The highest BCUT2D eigenvalue weighted by molar-refractivity contribution is 6.35. The monoisotopic (exact) mass is 237 g/mol. The number of ether oxygens (including phenoxy) is 1. The summed E-state index contributed by atoms with van der Waals surface area (Å²) in [5.74, 6) is 1.31. The van der Waals surface area contributed by atoms with Gasteiger partial charge in [0.25, 0.3) is 0 Å². The summed E-state index contributed by atoms with van der Waals surface area (Å²) < 4.78 is 5.55. The van der Waals surface area contributed by atoms with Crippen molar-refractivity contribution < 1.29 is 4.74 Å². The summed E-state index contributed by atoms with van der Waals surface area (Å²) in [5.41, 5.74) is 0. The normalized spacial score (nSPS) is 10.0. The van der Waals surface area contributed by atoms with Crippen LogP contribution in [0.2, 0.25) is 10.0 Å². The third-order valence-corrected chi connectivity index (χ3v) is 2.34. The van der Waals surface area contributed by atoms with E-state index in [4.69, 9.17) is 27.9 Å². The smallest absolute Gasteiger partial charge is 0.146 e. The molecule has 0 saturated carbocycles. The molecular formula is C12H7Cl2O. The van der Waals surface area contributed by atoms with Crippen molar-refractivity contribution in [2.45, 2.75) is 0 Å². The summed E-state index contributed by atoms with van der Waals surface area (Å²) in [5, 5.41) is 1.09. The molecule has 0 aromatic heterocycles. The van der Waals surface area contributed by atoms with Crippen LogP contribution in [0, 0.1) is 6.07 Å². The van der Waals surface area contributed by atoms with Gasteiger partial charge in [-0.15, -0.1) is 0 Å². The molecule has 15 heavy (non-hydrogen) atoms. The van der Waals surface area contributed by atoms with E-state index in [1.54, 1.807) is 30.3 Å². The van der Waals surface area contributed by atoms with E-state index in [0.29, 0.717) is 15.8 Å². The van der Waals surface area contributed by atoms with Crippen molar-refractivity contribution in [2.75, 3.05) is 0 Å². The van der Waals surface area contributed by atoms with Crippen molar-refractivity contribution in [3.63, 3.8) is 0 Å². The van der Waals surface area contributed by atoms with E-state index in [-0.39, 0.29) is 0 Å². The number of rotatable bonds is 2. The van der Waals surface area contributed by atoms with Crippen LogP contribution in [0.3, 0.4) is 0 Å². The maximum atomic E-state index is 5.96. The van der Waals surface area contributed by atoms with Crippen molar-refractivity contribution >= 4 is 23.2 Å². The highest BCUT2D eigenvalue weighted by atomic mass is 35.5. The fraction of sp³-hybridized carbons (Fsp3) is 0. The summed E-state index contributed by atoms with van der Waals surface area (Å²) >= 11 is 11.7. The standard InChI is InChI=1S/C12H7Cl2O/c13-9-6-7-12(11(14)8-9)15-10-4-2-1-3-5-10/h2-8H. The second-order valence-electron chi connectivity index (χ2n) is 2.91. The zero-order valence-electron chi connectivity index (χ0n) is 7.71. The van der Waals surface area contributed by atoms with Gasteiger partial charge in [-0.2, -0.15) is 0 Å². The van der Waals surface area contributed by atoms with E-state index in [9.17, 15) is 0 Å². The average molecular weight is 238 g/mol. The van der Waals surface area contributed by atoms with Crippen LogP contribution in [0.5, 0.6) is 11.5 Å². The van der Waals surface area contributed by atoms with Gasteiger partial charge in [0.15, 0.2) is 0 Å². The molecule has 2 rings (SSSR count). The molecule has 0 heterocycles. The molecular weight excluding hydrogens is 231 g/mol. The van der Waals surface area contributed by atoms with Gasteiger partial charge >= 0.3 is 0 Å². The predicted molar refractivity (Wildman–Crippen MR) is 61.8 cm³/mol. The van der Waals surface area contributed by atoms with Crippen LogP contribution in [0.4, 0.5) is 0 Å². The van der Waals surface area contributed by atoms with Gasteiger partial charge in [-0.25, -0.2) is 0 Å². The lowest BCUT2D eigenvalue weighted by atomic mass is 10.3. The van der Waals surface area contributed by atoms with Gasteiger partial charge in [-0.3, -0.25) is 0 Å². The topological polar surface area (TPSA) is 9.23 Å². The van der Waals surface area contributed by atoms with E-state index in [0.717, 1.165) is 5.75 Å². The largest absolute Gasteiger partial charge is 0.456 e. The molecule has 75 valence electrons. The first kappa shape index (κ1) is 10.3. The molecule has 2 aromatic rings. The molecule has 1 radical (unpaired) electrons. The molecule has 0 bridgehead atoms. The molecule has 0 N–H and O–H groups in total.